The third-order valence-corrected chi connectivity index (χ3v) is 2.76. The van der Waals surface area contributed by atoms with E-state index in [9.17, 15) is 9.59 Å². The van der Waals surface area contributed by atoms with Crippen molar-refractivity contribution >= 4 is 17.5 Å². The van der Waals surface area contributed by atoms with Crippen LogP contribution in [-0.2, 0) is 0 Å². The number of carbonyl (C=O) groups excluding carboxylic acids is 2. The number of amides is 2. The summed E-state index contributed by atoms with van der Waals surface area (Å²) in [5, 5.41) is 4.01. The SMILES string of the molecule is CN(C)C(=O)c1ccc(-n2cc(N)c(C(N)=O)n2)cc1. The van der Waals surface area contributed by atoms with Crippen LogP contribution in [0.25, 0.3) is 5.69 Å². The highest BCUT2D eigenvalue weighted by molar-refractivity contribution is 5.96. The fourth-order valence-electron chi connectivity index (χ4n) is 1.73. The van der Waals surface area contributed by atoms with Crippen molar-refractivity contribution in [3.8, 4) is 5.69 Å². The second kappa shape index (κ2) is 5.04. The number of benzene rings is 1. The van der Waals surface area contributed by atoms with Crippen LogP contribution in [0.4, 0.5) is 5.69 Å². The van der Waals surface area contributed by atoms with Crippen LogP contribution in [0, 0.1) is 0 Å². The normalized spacial score (nSPS) is 10.3. The molecule has 2 aromatic rings. The topological polar surface area (TPSA) is 107 Å². The first-order chi connectivity index (χ1) is 9.40. The van der Waals surface area contributed by atoms with Crippen LogP contribution in [0.2, 0.25) is 0 Å². The van der Waals surface area contributed by atoms with Gasteiger partial charge in [-0.1, -0.05) is 0 Å². The van der Waals surface area contributed by atoms with E-state index in [-0.39, 0.29) is 17.3 Å². The Bertz CT molecular complexity index is 658. The molecule has 0 fully saturated rings. The van der Waals surface area contributed by atoms with Gasteiger partial charge in [-0.2, -0.15) is 5.10 Å². The van der Waals surface area contributed by atoms with Crippen LogP contribution >= 0.6 is 0 Å². The smallest absolute Gasteiger partial charge is 0.271 e. The van der Waals surface area contributed by atoms with Gasteiger partial charge >= 0.3 is 0 Å². The summed E-state index contributed by atoms with van der Waals surface area (Å²) in [5.74, 6) is -0.769. The maximum absolute atomic E-state index is 11.8. The molecule has 20 heavy (non-hydrogen) atoms. The second-order valence-corrected chi connectivity index (χ2v) is 4.49. The third-order valence-electron chi connectivity index (χ3n) is 2.76. The Morgan fingerprint density at radius 3 is 2.25 bits per heavy atom. The molecule has 0 unspecified atom stereocenters. The Balaban J connectivity index is 2.33. The molecule has 7 nitrogen and oxygen atoms in total. The van der Waals surface area contributed by atoms with Gasteiger partial charge in [-0.25, -0.2) is 4.68 Å². The molecule has 2 rings (SSSR count). The molecule has 0 aliphatic carbocycles. The average Bonchev–Trinajstić information content (AvgIpc) is 2.80. The van der Waals surface area contributed by atoms with Crippen LogP contribution < -0.4 is 11.5 Å². The molecule has 0 aliphatic rings. The summed E-state index contributed by atoms with van der Waals surface area (Å²) >= 11 is 0. The molecule has 0 aliphatic heterocycles. The lowest BCUT2D eigenvalue weighted by molar-refractivity contribution is 0.0827. The highest BCUT2D eigenvalue weighted by Crippen LogP contribution is 2.15. The number of primary amides is 1. The molecule has 1 heterocycles. The Kier molecular flexibility index (Phi) is 3.43. The molecule has 0 saturated carbocycles. The number of aromatic nitrogens is 2. The number of nitrogens with two attached hydrogens (primary N) is 2. The van der Waals surface area contributed by atoms with Gasteiger partial charge < -0.3 is 16.4 Å². The lowest BCUT2D eigenvalue weighted by atomic mass is 10.2. The zero-order valence-corrected chi connectivity index (χ0v) is 11.2. The number of anilines is 1. The molecule has 2 amide bonds. The monoisotopic (exact) mass is 273 g/mol. The molecule has 0 spiro atoms. The van der Waals surface area contributed by atoms with Crippen LogP contribution in [0.5, 0.6) is 0 Å². The van der Waals surface area contributed by atoms with Crippen molar-refractivity contribution in [2.24, 2.45) is 5.73 Å². The van der Waals surface area contributed by atoms with Crippen LogP contribution in [0.1, 0.15) is 20.8 Å². The minimum Gasteiger partial charge on any atom is -0.396 e. The van der Waals surface area contributed by atoms with E-state index in [1.807, 2.05) is 0 Å². The summed E-state index contributed by atoms with van der Waals surface area (Å²) in [6.07, 6.45) is 1.50. The second-order valence-electron chi connectivity index (χ2n) is 4.49. The van der Waals surface area contributed by atoms with Gasteiger partial charge in [0.05, 0.1) is 17.6 Å². The van der Waals surface area contributed by atoms with E-state index in [1.165, 1.54) is 15.8 Å². The minimum atomic E-state index is -0.680. The summed E-state index contributed by atoms with van der Waals surface area (Å²) in [4.78, 5) is 24.4. The van der Waals surface area contributed by atoms with Gasteiger partial charge in [-0.3, -0.25) is 9.59 Å². The molecule has 0 bridgehead atoms. The van der Waals surface area contributed by atoms with Gasteiger partial charge in [0.1, 0.15) is 0 Å². The Morgan fingerprint density at radius 2 is 1.80 bits per heavy atom. The first-order valence-corrected chi connectivity index (χ1v) is 5.87. The lowest BCUT2D eigenvalue weighted by Crippen LogP contribution is -2.21. The highest BCUT2D eigenvalue weighted by Gasteiger charge is 2.13. The summed E-state index contributed by atoms with van der Waals surface area (Å²) in [6.45, 7) is 0. The summed E-state index contributed by atoms with van der Waals surface area (Å²) in [6, 6.07) is 6.79. The van der Waals surface area contributed by atoms with Gasteiger partial charge in [0.15, 0.2) is 5.69 Å². The summed E-state index contributed by atoms with van der Waals surface area (Å²) in [5.41, 5.74) is 12.3. The summed E-state index contributed by atoms with van der Waals surface area (Å²) in [7, 11) is 3.37. The van der Waals surface area contributed by atoms with Crippen molar-refractivity contribution in [3.63, 3.8) is 0 Å². The zero-order valence-electron chi connectivity index (χ0n) is 11.2. The first-order valence-electron chi connectivity index (χ1n) is 5.87. The number of hydrogen-bond acceptors (Lipinski definition) is 4. The first kappa shape index (κ1) is 13.6. The molecule has 0 radical (unpaired) electrons. The standard InChI is InChI=1S/C13H15N5O2/c1-17(2)13(20)8-3-5-9(6-4-8)18-7-10(14)11(16-18)12(15)19/h3-7H,14H2,1-2H3,(H2,15,19). The van der Waals surface area contributed by atoms with Crippen molar-refractivity contribution in [1.82, 2.24) is 14.7 Å². The maximum atomic E-state index is 11.8. The van der Waals surface area contributed by atoms with Crippen molar-refractivity contribution in [3.05, 3.63) is 41.7 Å². The van der Waals surface area contributed by atoms with E-state index in [1.54, 1.807) is 38.4 Å². The molecular weight excluding hydrogens is 258 g/mol. The van der Waals surface area contributed by atoms with Crippen molar-refractivity contribution < 1.29 is 9.59 Å². The molecule has 7 heteroatoms. The number of carbonyl (C=O) groups is 2. The molecule has 0 atom stereocenters. The Labute approximate surface area is 115 Å². The number of nitrogen functional groups attached to an aromatic ring is 1. The minimum absolute atomic E-state index is 0.0263. The molecular formula is C13H15N5O2. The average molecular weight is 273 g/mol. The fraction of sp³-hybridized carbons (Fsp3) is 0.154. The Hall–Kier alpha value is -2.83. The van der Waals surface area contributed by atoms with Crippen molar-refractivity contribution in [2.75, 3.05) is 19.8 Å². The van der Waals surface area contributed by atoms with Crippen molar-refractivity contribution in [1.29, 1.82) is 0 Å². The maximum Gasteiger partial charge on any atom is 0.271 e. The van der Waals surface area contributed by atoms with E-state index < -0.39 is 5.91 Å². The predicted molar refractivity (Wildman–Crippen MR) is 74.5 cm³/mol. The van der Waals surface area contributed by atoms with E-state index in [4.69, 9.17) is 11.5 Å². The van der Waals surface area contributed by atoms with Gasteiger partial charge in [-0.15, -0.1) is 0 Å². The fourth-order valence-corrected chi connectivity index (χ4v) is 1.73. The molecule has 1 aromatic heterocycles. The van der Waals surface area contributed by atoms with E-state index in [0.29, 0.717) is 11.3 Å². The van der Waals surface area contributed by atoms with Crippen LogP contribution in [0.15, 0.2) is 30.5 Å². The summed E-state index contributed by atoms with van der Waals surface area (Å²) < 4.78 is 1.44. The number of nitrogens with zero attached hydrogens (tertiary/aromatic N) is 3. The van der Waals surface area contributed by atoms with E-state index in [2.05, 4.69) is 5.10 Å². The van der Waals surface area contributed by atoms with E-state index >= 15 is 0 Å². The van der Waals surface area contributed by atoms with Crippen molar-refractivity contribution in [2.45, 2.75) is 0 Å². The van der Waals surface area contributed by atoms with Gasteiger partial charge in [0, 0.05) is 19.7 Å². The predicted octanol–water partition coefficient (Wildman–Crippen LogP) is 0.255. The third kappa shape index (κ3) is 2.46. The zero-order chi connectivity index (χ0) is 14.9. The van der Waals surface area contributed by atoms with Gasteiger partial charge in [0.25, 0.3) is 11.8 Å². The largest absolute Gasteiger partial charge is 0.396 e. The molecule has 4 N–H and O–H groups in total. The highest BCUT2D eigenvalue weighted by atomic mass is 16.2. The molecule has 0 saturated heterocycles. The molecule has 104 valence electrons. The lowest BCUT2D eigenvalue weighted by Gasteiger charge is -2.10. The van der Waals surface area contributed by atoms with Crippen LogP contribution in [-0.4, -0.2) is 40.6 Å². The number of rotatable bonds is 3. The Morgan fingerprint density at radius 1 is 1.20 bits per heavy atom. The molecule has 1 aromatic carbocycles. The van der Waals surface area contributed by atoms with Crippen LogP contribution in [0.3, 0.4) is 0 Å². The number of hydrogen-bond donors (Lipinski definition) is 2. The van der Waals surface area contributed by atoms with Gasteiger partial charge in [-0.05, 0) is 24.3 Å². The van der Waals surface area contributed by atoms with Gasteiger partial charge in [0.2, 0.25) is 0 Å². The quantitative estimate of drug-likeness (QED) is 0.836. The van der Waals surface area contributed by atoms with E-state index in [0.717, 1.165) is 0 Å².